The van der Waals surface area contributed by atoms with Crippen molar-refractivity contribution in [2.24, 2.45) is 0 Å². The Morgan fingerprint density at radius 1 is 1.53 bits per heavy atom. The van der Waals surface area contributed by atoms with Gasteiger partial charge in [-0.2, -0.15) is 5.10 Å². The van der Waals surface area contributed by atoms with Gasteiger partial charge in [0.05, 0.1) is 29.1 Å². The number of nitrogens with zero attached hydrogens (tertiary/aromatic N) is 2. The van der Waals surface area contributed by atoms with Crippen molar-refractivity contribution in [1.29, 1.82) is 0 Å². The van der Waals surface area contributed by atoms with E-state index in [1.165, 1.54) is 31.0 Å². The van der Waals surface area contributed by atoms with Crippen LogP contribution in [-0.4, -0.2) is 33.7 Å². The van der Waals surface area contributed by atoms with Gasteiger partial charge in [0.1, 0.15) is 0 Å². The predicted octanol–water partition coefficient (Wildman–Crippen LogP) is 2.71. The number of aliphatic carboxylic acids is 1. The summed E-state index contributed by atoms with van der Waals surface area (Å²) in [7, 11) is 1.64. The Hall–Kier alpha value is -1.01. The SMILES string of the molecule is COCc1cc(SCC(=O)O)n(C2CCCCC2)n1. The Kier molecular flexibility index (Phi) is 5.27. The molecule has 0 atom stereocenters. The first-order valence-corrected chi connectivity index (χ1v) is 7.61. The van der Waals surface area contributed by atoms with Crippen LogP contribution in [0, 0.1) is 0 Å². The van der Waals surface area contributed by atoms with Gasteiger partial charge in [-0.3, -0.25) is 9.48 Å². The fourth-order valence-corrected chi connectivity index (χ4v) is 3.29. The molecule has 6 heteroatoms. The number of ether oxygens (including phenoxy) is 1. The van der Waals surface area contributed by atoms with E-state index >= 15 is 0 Å². The molecule has 0 aliphatic heterocycles. The lowest BCUT2D eigenvalue weighted by Crippen LogP contribution is -2.15. The molecule has 19 heavy (non-hydrogen) atoms. The highest BCUT2D eigenvalue weighted by atomic mass is 32.2. The third-order valence-corrected chi connectivity index (χ3v) is 4.30. The second-order valence-electron chi connectivity index (χ2n) is 4.83. The van der Waals surface area contributed by atoms with Gasteiger partial charge in [-0.25, -0.2) is 0 Å². The average Bonchev–Trinajstić information content (AvgIpc) is 2.81. The maximum absolute atomic E-state index is 10.7. The molecule has 1 N–H and O–H groups in total. The number of thioether (sulfide) groups is 1. The molecule has 1 fully saturated rings. The van der Waals surface area contributed by atoms with Gasteiger partial charge in [0.25, 0.3) is 0 Å². The van der Waals surface area contributed by atoms with Crippen molar-refractivity contribution in [3.8, 4) is 0 Å². The Bertz CT molecular complexity index is 428. The monoisotopic (exact) mass is 284 g/mol. The quantitative estimate of drug-likeness (QED) is 0.814. The molecule has 5 nitrogen and oxygen atoms in total. The molecule has 0 radical (unpaired) electrons. The average molecular weight is 284 g/mol. The van der Waals surface area contributed by atoms with Crippen molar-refractivity contribution in [2.45, 2.75) is 49.8 Å². The van der Waals surface area contributed by atoms with E-state index in [-0.39, 0.29) is 5.75 Å². The largest absolute Gasteiger partial charge is 0.481 e. The number of aromatic nitrogens is 2. The number of hydrogen-bond donors (Lipinski definition) is 1. The van der Waals surface area contributed by atoms with E-state index in [9.17, 15) is 4.79 Å². The van der Waals surface area contributed by atoms with Crippen LogP contribution >= 0.6 is 11.8 Å². The van der Waals surface area contributed by atoms with Crippen LogP contribution in [-0.2, 0) is 16.1 Å². The van der Waals surface area contributed by atoms with E-state index in [0.717, 1.165) is 23.6 Å². The molecule has 1 aromatic rings. The minimum absolute atomic E-state index is 0.0742. The summed E-state index contributed by atoms with van der Waals surface area (Å²) in [6.45, 7) is 0.473. The Morgan fingerprint density at radius 2 is 2.26 bits per heavy atom. The molecule has 1 heterocycles. The van der Waals surface area contributed by atoms with Crippen molar-refractivity contribution in [3.63, 3.8) is 0 Å². The van der Waals surface area contributed by atoms with Crippen molar-refractivity contribution >= 4 is 17.7 Å². The summed E-state index contributed by atoms with van der Waals surface area (Å²) in [5.41, 5.74) is 0.876. The van der Waals surface area contributed by atoms with Gasteiger partial charge in [0, 0.05) is 7.11 Å². The van der Waals surface area contributed by atoms with E-state index in [1.54, 1.807) is 7.11 Å². The van der Waals surface area contributed by atoms with Crippen LogP contribution < -0.4 is 0 Å². The van der Waals surface area contributed by atoms with Gasteiger partial charge in [-0.1, -0.05) is 31.0 Å². The van der Waals surface area contributed by atoms with Gasteiger partial charge >= 0.3 is 5.97 Å². The van der Waals surface area contributed by atoms with Gasteiger partial charge in [-0.15, -0.1) is 0 Å². The lowest BCUT2D eigenvalue weighted by molar-refractivity contribution is -0.133. The topological polar surface area (TPSA) is 64.3 Å². The maximum atomic E-state index is 10.7. The molecule has 1 aliphatic carbocycles. The predicted molar refractivity (Wildman–Crippen MR) is 73.4 cm³/mol. The zero-order chi connectivity index (χ0) is 13.7. The molecule has 0 spiro atoms. The third kappa shape index (κ3) is 3.98. The van der Waals surface area contributed by atoms with Crippen LogP contribution in [0.2, 0.25) is 0 Å². The van der Waals surface area contributed by atoms with Crippen LogP contribution in [0.5, 0.6) is 0 Å². The first-order chi connectivity index (χ1) is 9.20. The van der Waals surface area contributed by atoms with Crippen molar-refractivity contribution in [3.05, 3.63) is 11.8 Å². The zero-order valence-corrected chi connectivity index (χ0v) is 12.0. The van der Waals surface area contributed by atoms with E-state index in [1.807, 2.05) is 10.7 Å². The number of rotatable bonds is 6. The van der Waals surface area contributed by atoms with E-state index < -0.39 is 5.97 Å². The Labute approximate surface area is 117 Å². The first-order valence-electron chi connectivity index (χ1n) is 6.62. The number of carboxylic acids is 1. The van der Waals surface area contributed by atoms with E-state index in [0.29, 0.717) is 12.6 Å². The van der Waals surface area contributed by atoms with Crippen molar-refractivity contribution < 1.29 is 14.6 Å². The standard InChI is InChI=1S/C13H20N2O3S/c1-18-8-10-7-12(19-9-13(16)17)15(14-10)11-5-3-2-4-6-11/h7,11H,2-6,8-9H2,1H3,(H,16,17). The third-order valence-electron chi connectivity index (χ3n) is 3.31. The molecule has 0 aromatic carbocycles. The zero-order valence-electron chi connectivity index (χ0n) is 11.2. The number of carbonyl (C=O) groups is 1. The molecule has 1 aromatic heterocycles. The molecular weight excluding hydrogens is 264 g/mol. The van der Waals surface area contributed by atoms with Gasteiger partial charge < -0.3 is 9.84 Å². The Balaban J connectivity index is 2.14. The molecule has 1 saturated carbocycles. The van der Waals surface area contributed by atoms with Crippen LogP contribution in [0.15, 0.2) is 11.1 Å². The summed E-state index contributed by atoms with van der Waals surface area (Å²) in [6, 6.07) is 2.36. The normalized spacial score (nSPS) is 16.7. The first kappa shape index (κ1) is 14.4. The summed E-state index contributed by atoms with van der Waals surface area (Å²) < 4.78 is 7.12. The van der Waals surface area contributed by atoms with Crippen molar-refractivity contribution in [1.82, 2.24) is 9.78 Å². The van der Waals surface area contributed by atoms with Gasteiger partial charge in [-0.05, 0) is 18.9 Å². The van der Waals surface area contributed by atoms with Crippen molar-refractivity contribution in [2.75, 3.05) is 12.9 Å². The second kappa shape index (κ2) is 6.96. The summed E-state index contributed by atoms with van der Waals surface area (Å²) in [5, 5.41) is 14.3. The summed E-state index contributed by atoms with van der Waals surface area (Å²) in [5.74, 6) is -0.722. The number of hydrogen-bond acceptors (Lipinski definition) is 4. The smallest absolute Gasteiger partial charge is 0.313 e. The highest BCUT2D eigenvalue weighted by Crippen LogP contribution is 2.32. The Morgan fingerprint density at radius 3 is 2.89 bits per heavy atom. The molecule has 106 valence electrons. The van der Waals surface area contributed by atoms with Crippen LogP contribution in [0.3, 0.4) is 0 Å². The summed E-state index contributed by atoms with van der Waals surface area (Å²) in [4.78, 5) is 10.7. The molecule has 0 bridgehead atoms. The van der Waals surface area contributed by atoms with E-state index in [4.69, 9.17) is 9.84 Å². The van der Waals surface area contributed by atoms with E-state index in [2.05, 4.69) is 5.10 Å². The maximum Gasteiger partial charge on any atom is 0.313 e. The van der Waals surface area contributed by atoms with Crippen LogP contribution in [0.25, 0.3) is 0 Å². The van der Waals surface area contributed by atoms with Gasteiger partial charge in [0.15, 0.2) is 0 Å². The molecule has 0 unspecified atom stereocenters. The minimum Gasteiger partial charge on any atom is -0.481 e. The second-order valence-corrected chi connectivity index (χ2v) is 5.82. The van der Waals surface area contributed by atoms with Crippen LogP contribution in [0.4, 0.5) is 0 Å². The molecular formula is C13H20N2O3S. The highest BCUT2D eigenvalue weighted by Gasteiger charge is 2.20. The molecule has 1 aliphatic rings. The molecule has 0 saturated heterocycles. The minimum atomic E-state index is -0.797. The summed E-state index contributed by atoms with van der Waals surface area (Å²) >= 11 is 1.34. The fraction of sp³-hybridized carbons (Fsp3) is 0.692. The number of methoxy groups -OCH3 is 1. The number of carboxylic acid groups (broad SMARTS) is 1. The lowest BCUT2D eigenvalue weighted by Gasteiger charge is -2.23. The highest BCUT2D eigenvalue weighted by molar-refractivity contribution is 7.99. The molecule has 0 amide bonds. The van der Waals surface area contributed by atoms with Crippen LogP contribution in [0.1, 0.15) is 43.8 Å². The summed E-state index contributed by atoms with van der Waals surface area (Å²) in [6.07, 6.45) is 6.02. The van der Waals surface area contributed by atoms with Gasteiger partial charge in [0.2, 0.25) is 0 Å². The molecule has 2 rings (SSSR count). The fourth-order valence-electron chi connectivity index (χ4n) is 2.47. The lowest BCUT2D eigenvalue weighted by atomic mass is 9.96.